The monoisotopic (exact) mass is 225 g/mol. The molecule has 0 aromatic carbocycles. The smallest absolute Gasteiger partial charge is 0.129 e. The summed E-state index contributed by atoms with van der Waals surface area (Å²) in [7, 11) is 0. The topological polar surface area (TPSA) is 37.8 Å². The maximum atomic E-state index is 4.23. The molecular formula is C11H19N3S. The summed E-state index contributed by atoms with van der Waals surface area (Å²) in [5.74, 6) is 2.03. The number of aryl methyl sites for hydroxylation is 1. The number of aromatic nitrogens is 2. The zero-order valence-electron chi connectivity index (χ0n) is 9.66. The summed E-state index contributed by atoms with van der Waals surface area (Å²) >= 11 is 1.84. The summed E-state index contributed by atoms with van der Waals surface area (Å²) in [6.07, 6.45) is 5.89. The molecule has 0 aliphatic carbocycles. The molecule has 4 heteroatoms. The van der Waals surface area contributed by atoms with Crippen LogP contribution in [0.25, 0.3) is 0 Å². The molecule has 1 rings (SSSR count). The van der Waals surface area contributed by atoms with Crippen molar-refractivity contribution in [1.29, 1.82) is 0 Å². The Kier molecular flexibility index (Phi) is 5.47. The first-order valence-electron chi connectivity index (χ1n) is 5.32. The van der Waals surface area contributed by atoms with Gasteiger partial charge in [0.15, 0.2) is 0 Å². The summed E-state index contributed by atoms with van der Waals surface area (Å²) < 4.78 is 0. The second kappa shape index (κ2) is 6.67. The van der Waals surface area contributed by atoms with Crippen molar-refractivity contribution < 1.29 is 0 Å². The van der Waals surface area contributed by atoms with E-state index in [0.29, 0.717) is 6.04 Å². The van der Waals surface area contributed by atoms with Gasteiger partial charge in [-0.05, 0) is 19.6 Å². The molecule has 15 heavy (non-hydrogen) atoms. The van der Waals surface area contributed by atoms with Gasteiger partial charge >= 0.3 is 0 Å². The molecule has 1 N–H and O–H groups in total. The first-order chi connectivity index (χ1) is 7.26. The number of rotatable bonds is 6. The van der Waals surface area contributed by atoms with Crippen molar-refractivity contribution in [2.45, 2.75) is 32.7 Å². The third-order valence-electron chi connectivity index (χ3n) is 2.04. The van der Waals surface area contributed by atoms with E-state index in [-0.39, 0.29) is 0 Å². The minimum absolute atomic E-state index is 0.448. The van der Waals surface area contributed by atoms with Crippen molar-refractivity contribution in [3.8, 4) is 0 Å². The van der Waals surface area contributed by atoms with E-state index in [0.717, 1.165) is 30.1 Å². The number of hydrogen-bond donors (Lipinski definition) is 1. The first-order valence-corrected chi connectivity index (χ1v) is 6.72. The average molecular weight is 225 g/mol. The Labute approximate surface area is 96.1 Å². The van der Waals surface area contributed by atoms with E-state index >= 15 is 0 Å². The van der Waals surface area contributed by atoms with E-state index in [1.165, 1.54) is 0 Å². The number of nitrogens with one attached hydrogen (secondary N) is 1. The highest BCUT2D eigenvalue weighted by atomic mass is 32.2. The van der Waals surface area contributed by atoms with Crippen molar-refractivity contribution in [2.75, 3.05) is 17.3 Å². The first kappa shape index (κ1) is 12.3. The number of nitrogens with zero attached hydrogens (tertiary/aromatic N) is 2. The van der Waals surface area contributed by atoms with E-state index in [1.807, 2.05) is 17.8 Å². The lowest BCUT2D eigenvalue weighted by Gasteiger charge is -2.13. The molecule has 0 bridgehead atoms. The predicted molar refractivity (Wildman–Crippen MR) is 67.5 cm³/mol. The van der Waals surface area contributed by atoms with Gasteiger partial charge in [-0.3, -0.25) is 0 Å². The van der Waals surface area contributed by atoms with Crippen molar-refractivity contribution >= 4 is 17.6 Å². The molecule has 1 unspecified atom stereocenters. The summed E-state index contributed by atoms with van der Waals surface area (Å²) in [5.41, 5.74) is 1.12. The Morgan fingerprint density at radius 1 is 1.47 bits per heavy atom. The second-order valence-electron chi connectivity index (χ2n) is 3.65. The highest BCUT2D eigenvalue weighted by Gasteiger charge is 2.02. The standard InChI is InChI=1S/C11H19N3S/c1-4-5-10-6-11(13-8-12-10)14-9(2)7-15-3/h6,8-9H,4-5,7H2,1-3H3,(H,12,13,14). The molecule has 1 aromatic rings. The van der Waals surface area contributed by atoms with Gasteiger partial charge < -0.3 is 5.32 Å². The van der Waals surface area contributed by atoms with Crippen LogP contribution in [0.4, 0.5) is 5.82 Å². The molecule has 0 saturated carbocycles. The Morgan fingerprint density at radius 3 is 2.93 bits per heavy atom. The fraction of sp³-hybridized carbons (Fsp3) is 0.636. The molecule has 0 aliphatic heterocycles. The molecule has 1 heterocycles. The summed E-state index contributed by atoms with van der Waals surface area (Å²) in [5, 5.41) is 3.37. The van der Waals surface area contributed by atoms with E-state index in [1.54, 1.807) is 6.33 Å². The molecule has 1 aromatic heterocycles. The number of thioether (sulfide) groups is 1. The predicted octanol–water partition coefficient (Wildman–Crippen LogP) is 2.59. The van der Waals surface area contributed by atoms with Gasteiger partial charge in [-0.2, -0.15) is 11.8 Å². The van der Waals surface area contributed by atoms with E-state index < -0.39 is 0 Å². The Morgan fingerprint density at radius 2 is 2.27 bits per heavy atom. The maximum Gasteiger partial charge on any atom is 0.129 e. The van der Waals surface area contributed by atoms with Crippen molar-refractivity contribution in [3.63, 3.8) is 0 Å². The Bertz CT molecular complexity index is 291. The largest absolute Gasteiger partial charge is 0.367 e. The van der Waals surface area contributed by atoms with Crippen LogP contribution in [0.3, 0.4) is 0 Å². The van der Waals surface area contributed by atoms with Gasteiger partial charge in [-0.25, -0.2) is 9.97 Å². The Balaban J connectivity index is 2.56. The molecule has 3 nitrogen and oxygen atoms in total. The van der Waals surface area contributed by atoms with Crippen LogP contribution in [0.15, 0.2) is 12.4 Å². The van der Waals surface area contributed by atoms with Crippen LogP contribution in [0.1, 0.15) is 26.0 Å². The summed E-state index contributed by atoms with van der Waals surface area (Å²) in [4.78, 5) is 8.44. The van der Waals surface area contributed by atoms with Crippen LogP contribution >= 0.6 is 11.8 Å². The van der Waals surface area contributed by atoms with Crippen LogP contribution in [-0.2, 0) is 6.42 Å². The van der Waals surface area contributed by atoms with Crippen LogP contribution < -0.4 is 5.32 Å². The van der Waals surface area contributed by atoms with Gasteiger partial charge in [0, 0.05) is 23.6 Å². The lowest BCUT2D eigenvalue weighted by atomic mass is 10.2. The van der Waals surface area contributed by atoms with Crippen LogP contribution in [-0.4, -0.2) is 28.0 Å². The third kappa shape index (κ3) is 4.51. The number of hydrogen-bond acceptors (Lipinski definition) is 4. The van der Waals surface area contributed by atoms with E-state index in [9.17, 15) is 0 Å². The molecular weight excluding hydrogens is 206 g/mol. The highest BCUT2D eigenvalue weighted by molar-refractivity contribution is 7.98. The van der Waals surface area contributed by atoms with Crippen molar-refractivity contribution in [2.24, 2.45) is 0 Å². The zero-order chi connectivity index (χ0) is 11.1. The van der Waals surface area contributed by atoms with Crippen molar-refractivity contribution in [1.82, 2.24) is 9.97 Å². The SMILES string of the molecule is CCCc1cc(NC(C)CSC)ncn1. The molecule has 0 radical (unpaired) electrons. The highest BCUT2D eigenvalue weighted by Crippen LogP contribution is 2.09. The minimum atomic E-state index is 0.448. The van der Waals surface area contributed by atoms with Gasteiger partial charge in [-0.1, -0.05) is 13.3 Å². The fourth-order valence-corrected chi connectivity index (χ4v) is 2.00. The van der Waals surface area contributed by atoms with Gasteiger partial charge in [0.25, 0.3) is 0 Å². The van der Waals surface area contributed by atoms with Crippen LogP contribution in [0.2, 0.25) is 0 Å². The zero-order valence-corrected chi connectivity index (χ0v) is 10.5. The molecule has 1 atom stereocenters. The fourth-order valence-electron chi connectivity index (χ4n) is 1.41. The Hall–Kier alpha value is -0.770. The van der Waals surface area contributed by atoms with Gasteiger partial charge in [0.05, 0.1) is 0 Å². The van der Waals surface area contributed by atoms with Gasteiger partial charge in [0.2, 0.25) is 0 Å². The summed E-state index contributed by atoms with van der Waals surface area (Å²) in [6.45, 7) is 4.32. The molecule has 0 spiro atoms. The second-order valence-corrected chi connectivity index (χ2v) is 4.56. The molecule has 84 valence electrons. The lowest BCUT2D eigenvalue weighted by molar-refractivity contribution is 0.859. The van der Waals surface area contributed by atoms with E-state index in [2.05, 4.69) is 35.4 Å². The number of anilines is 1. The summed E-state index contributed by atoms with van der Waals surface area (Å²) in [6, 6.07) is 2.49. The normalized spacial score (nSPS) is 12.5. The van der Waals surface area contributed by atoms with Crippen molar-refractivity contribution in [3.05, 3.63) is 18.1 Å². The third-order valence-corrected chi connectivity index (χ3v) is 2.87. The van der Waals surface area contributed by atoms with E-state index in [4.69, 9.17) is 0 Å². The molecule has 0 amide bonds. The maximum absolute atomic E-state index is 4.23. The molecule has 0 aliphatic rings. The quantitative estimate of drug-likeness (QED) is 0.807. The van der Waals surface area contributed by atoms with Crippen LogP contribution in [0.5, 0.6) is 0 Å². The minimum Gasteiger partial charge on any atom is -0.367 e. The van der Waals surface area contributed by atoms with Gasteiger partial charge in [-0.15, -0.1) is 0 Å². The average Bonchev–Trinajstić information content (AvgIpc) is 2.19. The molecule has 0 fully saturated rings. The molecule has 0 saturated heterocycles. The van der Waals surface area contributed by atoms with Crippen LogP contribution in [0, 0.1) is 0 Å². The lowest BCUT2D eigenvalue weighted by Crippen LogP contribution is -2.18. The van der Waals surface area contributed by atoms with Gasteiger partial charge in [0.1, 0.15) is 12.1 Å².